The number of carbonyl (C=O) groups is 2. The third-order valence-corrected chi connectivity index (χ3v) is 5.73. The van der Waals surface area contributed by atoms with Gasteiger partial charge in [-0.25, -0.2) is 4.79 Å². The SMILES string of the molecule is CCOC(=O)NC(CCCCN)C(=O)c1noc(Cc2ccc3oc(Cc4ccccc4)cc3c2)n1. The number of nitrogens with one attached hydrogen (secondary N) is 1. The minimum Gasteiger partial charge on any atom is -0.461 e. The normalized spacial score (nSPS) is 11.9. The van der Waals surface area contributed by atoms with E-state index < -0.39 is 17.9 Å². The van der Waals surface area contributed by atoms with Crippen LogP contribution in [0.4, 0.5) is 4.79 Å². The van der Waals surface area contributed by atoms with Crippen molar-refractivity contribution in [1.29, 1.82) is 0 Å². The second-order valence-electron chi connectivity index (χ2n) is 8.50. The molecular weight excluding hydrogens is 460 g/mol. The fourth-order valence-electron chi connectivity index (χ4n) is 3.98. The van der Waals surface area contributed by atoms with Crippen molar-refractivity contribution in [2.45, 2.75) is 45.1 Å². The lowest BCUT2D eigenvalue weighted by Crippen LogP contribution is -2.41. The van der Waals surface area contributed by atoms with Crippen LogP contribution in [0, 0.1) is 0 Å². The number of benzene rings is 2. The van der Waals surface area contributed by atoms with Gasteiger partial charge in [-0.05, 0) is 62.1 Å². The molecule has 2 aromatic carbocycles. The molecular formula is C27H30N4O5. The summed E-state index contributed by atoms with van der Waals surface area (Å²) in [6.07, 6.45) is 2.22. The predicted molar refractivity (Wildman–Crippen MR) is 134 cm³/mol. The lowest BCUT2D eigenvalue weighted by molar-refractivity contribution is 0.0903. The summed E-state index contributed by atoms with van der Waals surface area (Å²) in [5, 5.41) is 7.43. The summed E-state index contributed by atoms with van der Waals surface area (Å²) in [5.41, 5.74) is 8.48. The number of fused-ring (bicyclic) bond motifs is 1. The first-order valence-corrected chi connectivity index (χ1v) is 12.1. The Labute approximate surface area is 209 Å². The van der Waals surface area contributed by atoms with Gasteiger partial charge in [-0.3, -0.25) is 4.79 Å². The Bertz CT molecular complexity index is 1300. The predicted octanol–water partition coefficient (Wildman–Crippen LogP) is 4.42. The molecule has 3 N–H and O–H groups in total. The van der Waals surface area contributed by atoms with Crippen LogP contribution in [0.5, 0.6) is 0 Å². The molecule has 0 radical (unpaired) electrons. The molecule has 0 saturated heterocycles. The van der Waals surface area contributed by atoms with Gasteiger partial charge in [0.2, 0.25) is 17.5 Å². The number of nitrogens with two attached hydrogens (primary N) is 1. The van der Waals surface area contributed by atoms with Gasteiger partial charge in [0.05, 0.1) is 19.1 Å². The number of Topliss-reactive ketones (excluding diaryl/α,β-unsaturated/α-hetero) is 1. The van der Waals surface area contributed by atoms with Crippen molar-refractivity contribution in [3.8, 4) is 0 Å². The highest BCUT2D eigenvalue weighted by atomic mass is 16.5. The van der Waals surface area contributed by atoms with E-state index in [2.05, 4.69) is 27.6 Å². The third-order valence-electron chi connectivity index (χ3n) is 5.73. The van der Waals surface area contributed by atoms with E-state index >= 15 is 0 Å². The van der Waals surface area contributed by atoms with Gasteiger partial charge in [-0.1, -0.05) is 41.6 Å². The molecule has 36 heavy (non-hydrogen) atoms. The molecule has 4 aromatic rings. The Balaban J connectivity index is 1.43. The van der Waals surface area contributed by atoms with Gasteiger partial charge in [-0.15, -0.1) is 0 Å². The minimum absolute atomic E-state index is 0.0749. The van der Waals surface area contributed by atoms with Gasteiger partial charge in [-0.2, -0.15) is 4.98 Å². The highest BCUT2D eigenvalue weighted by molar-refractivity contribution is 5.98. The topological polar surface area (TPSA) is 133 Å². The lowest BCUT2D eigenvalue weighted by atomic mass is 10.0. The van der Waals surface area contributed by atoms with Crippen molar-refractivity contribution in [1.82, 2.24) is 15.5 Å². The quantitative estimate of drug-likeness (QED) is 0.220. The molecule has 9 nitrogen and oxygen atoms in total. The molecule has 0 fully saturated rings. The van der Waals surface area contributed by atoms with Crippen molar-refractivity contribution in [2.75, 3.05) is 13.2 Å². The van der Waals surface area contributed by atoms with Gasteiger partial charge >= 0.3 is 6.09 Å². The zero-order valence-electron chi connectivity index (χ0n) is 20.2. The molecule has 2 aromatic heterocycles. The number of alkyl carbamates (subject to hydrolysis) is 1. The average Bonchev–Trinajstić information content (AvgIpc) is 3.50. The fraction of sp³-hybridized carbons (Fsp3) is 0.333. The number of carbonyl (C=O) groups excluding carboxylic acids is 2. The van der Waals surface area contributed by atoms with E-state index in [4.69, 9.17) is 19.4 Å². The second-order valence-corrected chi connectivity index (χ2v) is 8.50. The summed E-state index contributed by atoms with van der Waals surface area (Å²) in [6.45, 7) is 2.40. The largest absolute Gasteiger partial charge is 0.461 e. The summed E-state index contributed by atoms with van der Waals surface area (Å²) >= 11 is 0. The van der Waals surface area contributed by atoms with E-state index in [9.17, 15) is 9.59 Å². The molecule has 0 bridgehead atoms. The van der Waals surface area contributed by atoms with E-state index in [0.717, 1.165) is 28.7 Å². The van der Waals surface area contributed by atoms with Crippen LogP contribution in [0.15, 0.2) is 63.5 Å². The Morgan fingerprint density at radius 3 is 2.67 bits per heavy atom. The van der Waals surface area contributed by atoms with Crippen molar-refractivity contribution in [3.05, 3.63) is 83.2 Å². The Morgan fingerprint density at radius 1 is 1.06 bits per heavy atom. The number of hydrogen-bond acceptors (Lipinski definition) is 8. The Morgan fingerprint density at radius 2 is 1.89 bits per heavy atom. The van der Waals surface area contributed by atoms with Crippen molar-refractivity contribution in [3.63, 3.8) is 0 Å². The first-order valence-electron chi connectivity index (χ1n) is 12.1. The maximum Gasteiger partial charge on any atom is 0.407 e. The van der Waals surface area contributed by atoms with Gasteiger partial charge in [0.15, 0.2) is 0 Å². The number of hydrogen-bond donors (Lipinski definition) is 2. The molecule has 2 heterocycles. The molecule has 9 heteroatoms. The number of rotatable bonds is 12. The van der Waals surface area contributed by atoms with E-state index in [-0.39, 0.29) is 12.4 Å². The molecule has 0 spiro atoms. The van der Waals surface area contributed by atoms with E-state index in [1.54, 1.807) is 6.92 Å². The monoisotopic (exact) mass is 490 g/mol. The van der Waals surface area contributed by atoms with E-state index in [1.807, 2.05) is 42.5 Å². The van der Waals surface area contributed by atoms with Crippen LogP contribution in [0.2, 0.25) is 0 Å². The van der Waals surface area contributed by atoms with Crippen LogP contribution < -0.4 is 11.1 Å². The average molecular weight is 491 g/mol. The van der Waals surface area contributed by atoms with Crippen LogP contribution in [0.3, 0.4) is 0 Å². The van der Waals surface area contributed by atoms with Gasteiger partial charge in [0, 0.05) is 11.8 Å². The fourth-order valence-corrected chi connectivity index (χ4v) is 3.98. The number of nitrogens with zero attached hydrogens (tertiary/aromatic N) is 2. The highest BCUT2D eigenvalue weighted by Crippen LogP contribution is 2.24. The number of ketones is 1. The van der Waals surface area contributed by atoms with Crippen LogP contribution in [-0.2, 0) is 17.6 Å². The molecule has 0 aliphatic rings. The van der Waals surface area contributed by atoms with Crippen LogP contribution >= 0.6 is 0 Å². The first kappa shape index (κ1) is 25.1. The number of furan rings is 1. The summed E-state index contributed by atoms with van der Waals surface area (Å²) in [7, 11) is 0. The summed E-state index contributed by atoms with van der Waals surface area (Å²) in [4.78, 5) is 29.2. The number of amides is 1. The number of unbranched alkanes of at least 4 members (excludes halogenated alkanes) is 1. The van der Waals surface area contributed by atoms with Crippen LogP contribution in [-0.4, -0.2) is 41.2 Å². The standard InChI is InChI=1S/C27H30N4O5/c1-2-34-27(33)29-22(10-6-7-13-28)25(32)26-30-24(36-31-26)16-19-11-12-23-20(14-19)17-21(35-23)15-18-8-4-3-5-9-18/h3-5,8-9,11-12,14,17,22H,2,6-7,10,13,15-16,28H2,1H3,(H,29,33). The zero-order valence-corrected chi connectivity index (χ0v) is 20.2. The Kier molecular flexibility index (Phi) is 8.46. The third kappa shape index (κ3) is 6.57. The van der Waals surface area contributed by atoms with E-state index in [1.165, 1.54) is 5.56 Å². The van der Waals surface area contributed by atoms with Gasteiger partial charge in [0.25, 0.3) is 0 Å². The smallest absolute Gasteiger partial charge is 0.407 e. The van der Waals surface area contributed by atoms with Gasteiger partial charge in [0.1, 0.15) is 11.3 Å². The summed E-state index contributed by atoms with van der Waals surface area (Å²) < 4.78 is 16.2. The molecule has 1 unspecified atom stereocenters. The molecule has 0 aliphatic carbocycles. The first-order chi connectivity index (χ1) is 17.6. The maximum absolute atomic E-state index is 13.0. The highest BCUT2D eigenvalue weighted by Gasteiger charge is 2.26. The van der Waals surface area contributed by atoms with Crippen LogP contribution in [0.1, 0.15) is 59.6 Å². The van der Waals surface area contributed by atoms with Crippen molar-refractivity contribution >= 4 is 22.8 Å². The molecule has 0 aliphatic heterocycles. The molecule has 188 valence electrons. The zero-order chi connectivity index (χ0) is 25.3. The number of ether oxygens (including phenoxy) is 1. The molecule has 4 rings (SSSR count). The molecule has 0 saturated carbocycles. The summed E-state index contributed by atoms with van der Waals surface area (Å²) in [5.74, 6) is 0.691. The maximum atomic E-state index is 13.0. The van der Waals surface area contributed by atoms with Crippen molar-refractivity contribution in [2.24, 2.45) is 5.73 Å². The summed E-state index contributed by atoms with van der Waals surface area (Å²) in [6, 6.07) is 17.2. The molecule has 1 atom stereocenters. The minimum atomic E-state index is -0.814. The Hall–Kier alpha value is -3.98. The van der Waals surface area contributed by atoms with Gasteiger partial charge < -0.3 is 24.7 Å². The second kappa shape index (κ2) is 12.1. The molecule has 1 amide bonds. The lowest BCUT2D eigenvalue weighted by Gasteiger charge is -2.15. The van der Waals surface area contributed by atoms with E-state index in [0.29, 0.717) is 38.1 Å². The number of aromatic nitrogens is 2. The van der Waals surface area contributed by atoms with Crippen LogP contribution in [0.25, 0.3) is 11.0 Å². The van der Waals surface area contributed by atoms with Crippen molar-refractivity contribution < 1.29 is 23.3 Å².